The van der Waals surface area contributed by atoms with Gasteiger partial charge in [0, 0.05) is 36.8 Å². The fourth-order valence-electron chi connectivity index (χ4n) is 5.52. The molecule has 0 radical (unpaired) electrons. The van der Waals surface area contributed by atoms with Crippen LogP contribution in [0.5, 0.6) is 5.75 Å². The van der Waals surface area contributed by atoms with Gasteiger partial charge in [-0.05, 0) is 81.7 Å². The van der Waals surface area contributed by atoms with E-state index in [4.69, 9.17) is 4.74 Å². The summed E-state index contributed by atoms with van der Waals surface area (Å²) < 4.78 is 32.7. The van der Waals surface area contributed by atoms with Crippen molar-refractivity contribution in [3.8, 4) is 5.75 Å². The maximum atomic E-state index is 13.9. The Kier molecular flexibility index (Phi) is 7.75. The van der Waals surface area contributed by atoms with E-state index in [2.05, 4.69) is 15.2 Å². The van der Waals surface area contributed by atoms with Crippen LogP contribution < -0.4 is 10.1 Å². The van der Waals surface area contributed by atoms with Crippen LogP contribution >= 0.6 is 0 Å². The lowest BCUT2D eigenvalue weighted by Crippen LogP contribution is -2.40. The van der Waals surface area contributed by atoms with E-state index in [0.29, 0.717) is 11.5 Å². The second kappa shape index (κ2) is 11.3. The number of carbonyl (C=O) groups excluding carboxylic acids is 1. The number of piperidine rings is 1. The van der Waals surface area contributed by atoms with Crippen molar-refractivity contribution in [2.75, 3.05) is 19.6 Å². The molecule has 2 fully saturated rings. The molecule has 0 atom stereocenters. The van der Waals surface area contributed by atoms with Crippen LogP contribution in [-0.4, -0.2) is 47.6 Å². The number of pyridine rings is 1. The number of benzene rings is 2. The molecule has 0 unspecified atom stereocenters. The highest BCUT2D eigenvalue weighted by molar-refractivity contribution is 6.06. The number of aromatic nitrogens is 1. The first-order valence-electron chi connectivity index (χ1n) is 13.0. The Morgan fingerprint density at radius 3 is 2.56 bits per heavy atom. The van der Waals surface area contributed by atoms with Crippen LogP contribution in [0, 0.1) is 17.6 Å². The number of halogens is 2. The van der Waals surface area contributed by atoms with Crippen molar-refractivity contribution in [1.82, 2.24) is 15.2 Å². The van der Waals surface area contributed by atoms with Crippen molar-refractivity contribution < 1.29 is 18.3 Å². The standard InChI is InChI=1S/C29H33F2N3O2/c30-21-7-10-28(26(31)19-21)36-23-13-17-34(18-14-23)16-12-20-5-8-22(9-6-20)33-29(35)25-11-15-32-27-4-2-1-3-24(25)27/h1-4,7,10-11,15,19-20,22-23H,5-6,8-9,12-14,16-18H2,(H,33,35)/t20-,22-. The highest BCUT2D eigenvalue weighted by atomic mass is 19.1. The Balaban J connectivity index is 1.02. The van der Waals surface area contributed by atoms with Crippen molar-refractivity contribution in [3.05, 3.63) is 71.9 Å². The van der Waals surface area contributed by atoms with E-state index in [9.17, 15) is 13.6 Å². The molecule has 5 rings (SSSR count). The topological polar surface area (TPSA) is 54.5 Å². The number of nitrogens with one attached hydrogen (secondary N) is 1. The molecule has 2 aromatic carbocycles. The van der Waals surface area contributed by atoms with Gasteiger partial charge in [0.15, 0.2) is 11.6 Å². The Labute approximate surface area is 210 Å². The van der Waals surface area contributed by atoms with Gasteiger partial charge < -0.3 is 15.0 Å². The van der Waals surface area contributed by atoms with Gasteiger partial charge in [-0.3, -0.25) is 9.78 Å². The molecule has 1 N–H and O–H groups in total. The third-order valence-corrected chi connectivity index (χ3v) is 7.65. The molecule has 1 saturated heterocycles. The van der Waals surface area contributed by atoms with Crippen LogP contribution in [0.15, 0.2) is 54.7 Å². The Bertz CT molecular complexity index is 1180. The van der Waals surface area contributed by atoms with Crippen molar-refractivity contribution >= 4 is 16.8 Å². The average Bonchev–Trinajstić information content (AvgIpc) is 2.90. The molecule has 0 spiro atoms. The minimum Gasteiger partial charge on any atom is -0.487 e. The molecule has 1 aliphatic heterocycles. The number of carbonyl (C=O) groups is 1. The Hall–Kier alpha value is -3.06. The van der Waals surface area contributed by atoms with E-state index in [1.165, 1.54) is 12.1 Å². The molecular formula is C29H33F2N3O2. The molecule has 0 bridgehead atoms. The molecule has 36 heavy (non-hydrogen) atoms. The summed E-state index contributed by atoms with van der Waals surface area (Å²) in [5.74, 6) is -0.424. The number of ether oxygens (including phenoxy) is 1. The number of rotatable bonds is 7. The molecule has 1 amide bonds. The van der Waals surface area contributed by atoms with Crippen LogP contribution in [0.3, 0.4) is 0 Å². The molecule has 1 aromatic heterocycles. The molecule has 1 saturated carbocycles. The normalized spacial score (nSPS) is 21.4. The fraction of sp³-hybridized carbons (Fsp3) is 0.448. The summed E-state index contributed by atoms with van der Waals surface area (Å²) >= 11 is 0. The number of fused-ring (bicyclic) bond motifs is 1. The molecule has 7 heteroatoms. The zero-order valence-electron chi connectivity index (χ0n) is 20.5. The van der Waals surface area contributed by atoms with Gasteiger partial charge in [-0.2, -0.15) is 0 Å². The van der Waals surface area contributed by atoms with E-state index in [0.717, 1.165) is 81.5 Å². The fourth-order valence-corrected chi connectivity index (χ4v) is 5.52. The summed E-state index contributed by atoms with van der Waals surface area (Å²) in [7, 11) is 0. The van der Waals surface area contributed by atoms with Crippen molar-refractivity contribution in [2.45, 2.75) is 57.1 Å². The smallest absolute Gasteiger partial charge is 0.252 e. The first kappa shape index (κ1) is 24.6. The lowest BCUT2D eigenvalue weighted by atomic mass is 9.83. The second-order valence-corrected chi connectivity index (χ2v) is 10.1. The summed E-state index contributed by atoms with van der Waals surface area (Å²) in [6, 6.07) is 13.2. The molecule has 3 aromatic rings. The first-order chi connectivity index (χ1) is 17.5. The Morgan fingerprint density at radius 2 is 1.78 bits per heavy atom. The molecule has 2 aliphatic rings. The van der Waals surface area contributed by atoms with Gasteiger partial charge in [-0.15, -0.1) is 0 Å². The van der Waals surface area contributed by atoms with Gasteiger partial charge >= 0.3 is 0 Å². The zero-order valence-corrected chi connectivity index (χ0v) is 20.5. The van der Waals surface area contributed by atoms with Gasteiger partial charge in [-0.25, -0.2) is 8.78 Å². The lowest BCUT2D eigenvalue weighted by Gasteiger charge is -2.34. The van der Waals surface area contributed by atoms with Gasteiger partial charge in [0.1, 0.15) is 11.9 Å². The largest absolute Gasteiger partial charge is 0.487 e. The van der Waals surface area contributed by atoms with Gasteiger partial charge in [0.25, 0.3) is 5.91 Å². The summed E-state index contributed by atoms with van der Waals surface area (Å²) in [6.45, 7) is 2.92. The summed E-state index contributed by atoms with van der Waals surface area (Å²) in [5.41, 5.74) is 1.53. The Morgan fingerprint density at radius 1 is 1.00 bits per heavy atom. The maximum absolute atomic E-state index is 13.9. The maximum Gasteiger partial charge on any atom is 0.252 e. The van der Waals surface area contributed by atoms with Crippen LogP contribution in [-0.2, 0) is 0 Å². The zero-order chi connectivity index (χ0) is 24.9. The van der Waals surface area contributed by atoms with Crippen LogP contribution in [0.4, 0.5) is 8.78 Å². The number of nitrogens with zero attached hydrogens (tertiary/aromatic N) is 2. The highest BCUT2D eigenvalue weighted by Gasteiger charge is 2.26. The van der Waals surface area contributed by atoms with E-state index >= 15 is 0 Å². The third kappa shape index (κ3) is 6.01. The van der Waals surface area contributed by atoms with E-state index < -0.39 is 11.6 Å². The van der Waals surface area contributed by atoms with Crippen molar-refractivity contribution in [3.63, 3.8) is 0 Å². The first-order valence-corrected chi connectivity index (χ1v) is 13.0. The number of para-hydroxylation sites is 1. The van der Waals surface area contributed by atoms with E-state index in [1.807, 2.05) is 24.3 Å². The molecule has 190 valence electrons. The molecular weight excluding hydrogens is 460 g/mol. The minimum absolute atomic E-state index is 0.0114. The molecule has 5 nitrogen and oxygen atoms in total. The molecule has 2 heterocycles. The van der Waals surface area contributed by atoms with Crippen LogP contribution in [0.2, 0.25) is 0 Å². The minimum atomic E-state index is -0.640. The number of hydrogen-bond donors (Lipinski definition) is 1. The average molecular weight is 494 g/mol. The lowest BCUT2D eigenvalue weighted by molar-refractivity contribution is 0.0887. The van der Waals surface area contributed by atoms with E-state index in [1.54, 1.807) is 12.3 Å². The SMILES string of the molecule is O=C(N[C@H]1CC[C@H](CCN2CCC(Oc3ccc(F)cc3F)CC2)CC1)c1ccnc2ccccc12. The number of likely N-dealkylation sites (tertiary alicyclic amines) is 1. The van der Waals surface area contributed by atoms with Crippen molar-refractivity contribution in [2.24, 2.45) is 5.92 Å². The monoisotopic (exact) mass is 493 g/mol. The van der Waals surface area contributed by atoms with Crippen LogP contribution in [0.25, 0.3) is 10.9 Å². The van der Waals surface area contributed by atoms with Gasteiger partial charge in [-0.1, -0.05) is 18.2 Å². The number of amides is 1. The summed E-state index contributed by atoms with van der Waals surface area (Å²) in [4.78, 5) is 19.7. The van der Waals surface area contributed by atoms with Crippen molar-refractivity contribution in [1.29, 1.82) is 0 Å². The summed E-state index contributed by atoms with van der Waals surface area (Å²) in [5, 5.41) is 4.14. The predicted molar refractivity (Wildman–Crippen MR) is 136 cm³/mol. The molecule has 1 aliphatic carbocycles. The quantitative estimate of drug-likeness (QED) is 0.456. The van der Waals surface area contributed by atoms with E-state index in [-0.39, 0.29) is 23.8 Å². The van der Waals surface area contributed by atoms with Crippen LogP contribution in [0.1, 0.15) is 55.3 Å². The predicted octanol–water partition coefficient (Wildman–Crippen LogP) is 5.74. The second-order valence-electron chi connectivity index (χ2n) is 10.1. The number of hydrogen-bond acceptors (Lipinski definition) is 4. The van der Waals surface area contributed by atoms with Gasteiger partial charge in [0.05, 0.1) is 11.1 Å². The van der Waals surface area contributed by atoms with Gasteiger partial charge in [0.2, 0.25) is 0 Å². The highest BCUT2D eigenvalue weighted by Crippen LogP contribution is 2.29. The third-order valence-electron chi connectivity index (χ3n) is 7.65. The summed E-state index contributed by atoms with van der Waals surface area (Å²) in [6.07, 6.45) is 8.81.